The molecule has 0 saturated carbocycles. The highest BCUT2D eigenvalue weighted by atomic mass is 35.5. The number of carbonyl (C=O) groups excluding carboxylic acids is 2. The standard InChI is InChI=1S/C25H36ClN3O2/c1-17(2)23(28-22(30)15-18-9-12-27-13-10-18)24(31)29-14-11-21(25(3,4)16-29)19-5-7-20(26)8-6-19/h5,7,9-10,12,17,21,23,27H,6,8,11,13-16H2,1-4H3,(H,28,30)/t21-,23-/m1/s1. The number of amides is 2. The van der Waals surface area contributed by atoms with Crippen molar-refractivity contribution in [3.8, 4) is 0 Å². The van der Waals surface area contributed by atoms with Crippen molar-refractivity contribution in [2.45, 2.75) is 59.4 Å². The fraction of sp³-hybridized carbons (Fsp3) is 0.600. The maximum atomic E-state index is 13.4. The summed E-state index contributed by atoms with van der Waals surface area (Å²) in [7, 11) is 0. The van der Waals surface area contributed by atoms with E-state index in [1.54, 1.807) is 0 Å². The first-order chi connectivity index (χ1) is 14.7. The number of halogens is 1. The number of nitrogens with zero attached hydrogens (tertiary/aromatic N) is 1. The predicted octanol–water partition coefficient (Wildman–Crippen LogP) is 4.28. The highest BCUT2D eigenvalue weighted by Gasteiger charge is 2.41. The summed E-state index contributed by atoms with van der Waals surface area (Å²) in [6.45, 7) is 10.6. The van der Waals surface area contributed by atoms with Crippen LogP contribution in [0.15, 0.2) is 46.7 Å². The van der Waals surface area contributed by atoms with Crippen LogP contribution in [0, 0.1) is 17.3 Å². The first-order valence-corrected chi connectivity index (χ1v) is 11.8. The number of dihydropyridines is 1. The number of hydrogen-bond acceptors (Lipinski definition) is 3. The average Bonchev–Trinajstić information content (AvgIpc) is 2.72. The summed E-state index contributed by atoms with van der Waals surface area (Å²) in [5.41, 5.74) is 2.40. The lowest BCUT2D eigenvalue weighted by Gasteiger charge is -2.46. The first-order valence-electron chi connectivity index (χ1n) is 11.4. The van der Waals surface area contributed by atoms with E-state index in [2.05, 4.69) is 30.6 Å². The second kappa shape index (κ2) is 10.1. The number of likely N-dealkylation sites (tertiary alicyclic amines) is 1. The summed E-state index contributed by atoms with van der Waals surface area (Å²) in [6.07, 6.45) is 13.1. The van der Waals surface area contributed by atoms with E-state index in [1.807, 2.05) is 43.2 Å². The van der Waals surface area contributed by atoms with E-state index in [0.29, 0.717) is 18.9 Å². The van der Waals surface area contributed by atoms with Crippen LogP contribution in [0.3, 0.4) is 0 Å². The molecular formula is C25H36ClN3O2. The van der Waals surface area contributed by atoms with Crippen molar-refractivity contribution in [3.63, 3.8) is 0 Å². The monoisotopic (exact) mass is 445 g/mol. The van der Waals surface area contributed by atoms with E-state index >= 15 is 0 Å². The Kier molecular flexibility index (Phi) is 7.68. The van der Waals surface area contributed by atoms with Crippen molar-refractivity contribution in [2.24, 2.45) is 17.3 Å². The summed E-state index contributed by atoms with van der Waals surface area (Å²) in [5.74, 6) is 0.409. The molecule has 5 nitrogen and oxygen atoms in total. The third-order valence-corrected chi connectivity index (χ3v) is 6.95. The molecule has 0 bridgehead atoms. The molecule has 1 saturated heterocycles. The van der Waals surface area contributed by atoms with Crippen LogP contribution in [0.1, 0.15) is 53.4 Å². The molecule has 0 radical (unpaired) electrons. The quantitative estimate of drug-likeness (QED) is 0.641. The van der Waals surface area contributed by atoms with Crippen LogP contribution in [0.5, 0.6) is 0 Å². The molecular weight excluding hydrogens is 410 g/mol. The van der Waals surface area contributed by atoms with Gasteiger partial charge in [-0.2, -0.15) is 0 Å². The molecule has 2 amide bonds. The van der Waals surface area contributed by atoms with Crippen LogP contribution in [0.2, 0.25) is 0 Å². The molecule has 0 unspecified atom stereocenters. The maximum Gasteiger partial charge on any atom is 0.245 e. The summed E-state index contributed by atoms with van der Waals surface area (Å²) in [6, 6.07) is -0.498. The molecule has 3 aliphatic rings. The SMILES string of the molecule is CC(C)[C@@H](NC(=O)CC1=CCNC=C1)C(=O)N1CC[C@H](C2=CC=C(Cl)CC2)C(C)(C)C1. The van der Waals surface area contributed by atoms with Crippen molar-refractivity contribution in [3.05, 3.63) is 46.7 Å². The Bertz CT molecular complexity index is 823. The molecule has 170 valence electrons. The fourth-order valence-corrected chi connectivity index (χ4v) is 5.05. The largest absolute Gasteiger partial charge is 0.387 e. The van der Waals surface area contributed by atoms with Gasteiger partial charge in [0.2, 0.25) is 11.8 Å². The van der Waals surface area contributed by atoms with Crippen molar-refractivity contribution < 1.29 is 9.59 Å². The van der Waals surface area contributed by atoms with Crippen LogP contribution in [-0.2, 0) is 9.59 Å². The predicted molar refractivity (Wildman–Crippen MR) is 126 cm³/mol. The van der Waals surface area contributed by atoms with E-state index in [4.69, 9.17) is 11.6 Å². The van der Waals surface area contributed by atoms with Crippen LogP contribution in [0.4, 0.5) is 0 Å². The van der Waals surface area contributed by atoms with Gasteiger partial charge < -0.3 is 15.5 Å². The third-order valence-electron chi connectivity index (χ3n) is 6.63. The Labute approximate surface area is 191 Å². The molecule has 0 aromatic rings. The number of carbonyl (C=O) groups is 2. The summed E-state index contributed by atoms with van der Waals surface area (Å²) >= 11 is 6.14. The minimum atomic E-state index is -0.498. The lowest BCUT2D eigenvalue weighted by Crippen LogP contribution is -2.56. The number of nitrogens with one attached hydrogen (secondary N) is 2. The molecule has 2 atom stereocenters. The van der Waals surface area contributed by atoms with Crippen LogP contribution in [0.25, 0.3) is 0 Å². The van der Waals surface area contributed by atoms with Crippen molar-refractivity contribution in [2.75, 3.05) is 19.6 Å². The lowest BCUT2D eigenvalue weighted by molar-refractivity contribution is -0.141. The fourth-order valence-electron chi connectivity index (χ4n) is 4.89. The van der Waals surface area contributed by atoms with E-state index in [1.165, 1.54) is 5.57 Å². The zero-order chi connectivity index (χ0) is 22.6. The topological polar surface area (TPSA) is 61.4 Å². The minimum absolute atomic E-state index is 0.0202. The Morgan fingerprint density at radius 2 is 2.06 bits per heavy atom. The second-order valence-corrected chi connectivity index (χ2v) is 10.4. The molecule has 6 heteroatoms. The van der Waals surface area contributed by atoms with E-state index in [-0.39, 0.29) is 23.1 Å². The molecule has 2 N–H and O–H groups in total. The van der Waals surface area contributed by atoms with Gasteiger partial charge >= 0.3 is 0 Å². The summed E-state index contributed by atoms with van der Waals surface area (Å²) < 4.78 is 0. The van der Waals surface area contributed by atoms with Gasteiger partial charge in [-0.1, -0.05) is 57.0 Å². The van der Waals surface area contributed by atoms with Gasteiger partial charge in [-0.25, -0.2) is 0 Å². The van der Waals surface area contributed by atoms with Gasteiger partial charge in [-0.15, -0.1) is 0 Å². The number of hydrogen-bond donors (Lipinski definition) is 2. The Hall–Kier alpha value is -2.01. The lowest BCUT2D eigenvalue weighted by atomic mass is 9.68. The molecule has 1 aliphatic carbocycles. The first kappa shape index (κ1) is 23.6. The maximum absolute atomic E-state index is 13.4. The van der Waals surface area contributed by atoms with E-state index in [9.17, 15) is 9.59 Å². The van der Waals surface area contributed by atoms with Gasteiger partial charge in [0.05, 0.1) is 6.42 Å². The van der Waals surface area contributed by atoms with Crippen molar-refractivity contribution in [1.82, 2.24) is 15.5 Å². The smallest absolute Gasteiger partial charge is 0.245 e. The van der Waals surface area contributed by atoms with Crippen LogP contribution < -0.4 is 10.6 Å². The minimum Gasteiger partial charge on any atom is -0.387 e. The van der Waals surface area contributed by atoms with Crippen molar-refractivity contribution in [1.29, 1.82) is 0 Å². The van der Waals surface area contributed by atoms with Crippen LogP contribution in [-0.4, -0.2) is 42.4 Å². The highest BCUT2D eigenvalue weighted by molar-refractivity contribution is 6.29. The molecule has 3 rings (SSSR count). The molecule has 0 aromatic carbocycles. The Morgan fingerprint density at radius 1 is 1.29 bits per heavy atom. The van der Waals surface area contributed by atoms with Gasteiger partial charge in [0.15, 0.2) is 0 Å². The number of rotatable bonds is 6. The van der Waals surface area contributed by atoms with Gasteiger partial charge in [0.1, 0.15) is 6.04 Å². The zero-order valence-electron chi connectivity index (χ0n) is 19.2. The molecule has 1 fully saturated rings. The van der Waals surface area contributed by atoms with E-state index < -0.39 is 6.04 Å². The Balaban J connectivity index is 1.64. The summed E-state index contributed by atoms with van der Waals surface area (Å²) in [5, 5.41) is 7.01. The molecule has 2 aliphatic heterocycles. The zero-order valence-corrected chi connectivity index (χ0v) is 20.0. The Morgan fingerprint density at radius 3 is 2.65 bits per heavy atom. The van der Waals surface area contributed by atoms with Gasteiger partial charge in [-0.05, 0) is 60.4 Å². The number of allylic oxidation sites excluding steroid dienone is 5. The van der Waals surface area contributed by atoms with Crippen LogP contribution >= 0.6 is 11.6 Å². The van der Waals surface area contributed by atoms with Gasteiger partial charge in [0, 0.05) is 24.7 Å². The molecule has 0 aromatic heterocycles. The number of piperidine rings is 1. The molecule has 0 spiro atoms. The van der Waals surface area contributed by atoms with Gasteiger partial charge in [-0.3, -0.25) is 9.59 Å². The second-order valence-electron chi connectivity index (χ2n) is 9.93. The average molecular weight is 446 g/mol. The molecule has 2 heterocycles. The summed E-state index contributed by atoms with van der Waals surface area (Å²) in [4.78, 5) is 28.0. The van der Waals surface area contributed by atoms with Crippen molar-refractivity contribution >= 4 is 23.4 Å². The normalized spacial score (nSPS) is 24.0. The van der Waals surface area contributed by atoms with Gasteiger partial charge in [0.25, 0.3) is 0 Å². The third kappa shape index (κ3) is 6.03. The highest BCUT2D eigenvalue weighted by Crippen LogP contribution is 2.43. The van der Waals surface area contributed by atoms with E-state index in [0.717, 1.165) is 43.0 Å². The molecule has 31 heavy (non-hydrogen) atoms.